The van der Waals surface area contributed by atoms with Crippen LogP contribution in [-0.4, -0.2) is 14.5 Å². The van der Waals surface area contributed by atoms with E-state index in [9.17, 15) is 0 Å². The van der Waals surface area contributed by atoms with Gasteiger partial charge >= 0.3 is 0 Å². The van der Waals surface area contributed by atoms with Crippen molar-refractivity contribution in [1.29, 1.82) is 0 Å². The molecule has 1 atom stereocenters. The summed E-state index contributed by atoms with van der Waals surface area (Å²) in [6.45, 7) is 0. The van der Waals surface area contributed by atoms with Gasteiger partial charge in [-0.2, -0.15) is 0 Å². The second kappa shape index (κ2) is 7.37. The Labute approximate surface area is 181 Å². The van der Waals surface area contributed by atoms with E-state index < -0.39 is 0 Å². The number of nitrogens with zero attached hydrogens (tertiary/aromatic N) is 3. The smallest absolute Gasteiger partial charge is 0.146 e. The molecule has 0 saturated carbocycles. The topological polar surface area (TPSA) is 30.7 Å². The van der Waals surface area contributed by atoms with Gasteiger partial charge in [0.1, 0.15) is 11.5 Å². The molecule has 0 radical (unpaired) electrons. The largest absolute Gasteiger partial charge is 0.278 e. The molecule has 148 valence electrons. The van der Waals surface area contributed by atoms with Crippen LogP contribution in [0.2, 0.25) is 0 Å². The first kappa shape index (κ1) is 17.8. The van der Waals surface area contributed by atoms with Gasteiger partial charge in [0.2, 0.25) is 0 Å². The monoisotopic (exact) mass is 399 g/mol. The molecule has 0 spiro atoms. The summed E-state index contributed by atoms with van der Waals surface area (Å²) in [7, 11) is 0. The van der Waals surface area contributed by atoms with E-state index in [1.54, 1.807) is 0 Å². The molecule has 3 nitrogen and oxygen atoms in total. The molecule has 0 N–H and O–H groups in total. The third-order valence-electron chi connectivity index (χ3n) is 6.03. The van der Waals surface area contributed by atoms with Crippen molar-refractivity contribution in [2.45, 2.75) is 12.3 Å². The molecule has 1 aliphatic carbocycles. The lowest BCUT2D eigenvalue weighted by Crippen LogP contribution is -1.97. The van der Waals surface area contributed by atoms with E-state index >= 15 is 0 Å². The van der Waals surface area contributed by atoms with Crippen molar-refractivity contribution in [2.75, 3.05) is 0 Å². The van der Waals surface area contributed by atoms with Crippen LogP contribution < -0.4 is 0 Å². The van der Waals surface area contributed by atoms with Gasteiger partial charge in [0.15, 0.2) is 0 Å². The van der Waals surface area contributed by atoms with Crippen LogP contribution in [0.3, 0.4) is 0 Å². The number of fused-ring (bicyclic) bond motifs is 3. The molecule has 2 aromatic carbocycles. The van der Waals surface area contributed by atoms with Crippen LogP contribution >= 0.6 is 0 Å². The van der Waals surface area contributed by atoms with Gasteiger partial charge in [-0.15, -0.1) is 0 Å². The minimum Gasteiger partial charge on any atom is -0.278 e. The number of allylic oxidation sites excluding steroid dienone is 4. The van der Waals surface area contributed by atoms with Crippen LogP contribution in [-0.2, 0) is 0 Å². The SMILES string of the molecule is C1=CCC(c2cccc(-c3ccc4c(c3)c3cccnc3n4-c3ccccn3)c2)C=C1. The summed E-state index contributed by atoms with van der Waals surface area (Å²) in [6.07, 6.45) is 13.5. The van der Waals surface area contributed by atoms with E-state index in [0.717, 1.165) is 28.8 Å². The third-order valence-corrected chi connectivity index (χ3v) is 6.03. The molecule has 1 aliphatic rings. The lowest BCUT2D eigenvalue weighted by molar-refractivity contribution is 0.854. The molecule has 6 rings (SSSR count). The third kappa shape index (κ3) is 3.06. The molecule has 0 amide bonds. The Hall–Kier alpha value is -3.98. The van der Waals surface area contributed by atoms with Crippen molar-refractivity contribution < 1.29 is 0 Å². The van der Waals surface area contributed by atoms with Gasteiger partial charge in [0.25, 0.3) is 0 Å². The van der Waals surface area contributed by atoms with Gasteiger partial charge < -0.3 is 0 Å². The lowest BCUT2D eigenvalue weighted by Gasteiger charge is -2.15. The second-order valence-corrected chi connectivity index (χ2v) is 7.91. The van der Waals surface area contributed by atoms with Crippen molar-refractivity contribution in [1.82, 2.24) is 14.5 Å². The van der Waals surface area contributed by atoms with Crippen LogP contribution in [0.1, 0.15) is 17.9 Å². The van der Waals surface area contributed by atoms with Crippen molar-refractivity contribution in [3.63, 3.8) is 0 Å². The number of hydrogen-bond donors (Lipinski definition) is 0. The molecule has 0 aliphatic heterocycles. The summed E-state index contributed by atoms with van der Waals surface area (Å²) in [4.78, 5) is 9.26. The molecule has 3 heteroatoms. The zero-order valence-corrected chi connectivity index (χ0v) is 17.0. The van der Waals surface area contributed by atoms with E-state index in [0.29, 0.717) is 5.92 Å². The number of rotatable bonds is 3. The average molecular weight is 399 g/mol. The summed E-state index contributed by atoms with van der Waals surface area (Å²) >= 11 is 0. The van der Waals surface area contributed by atoms with E-state index in [4.69, 9.17) is 0 Å². The Morgan fingerprint density at radius 2 is 1.68 bits per heavy atom. The lowest BCUT2D eigenvalue weighted by atomic mass is 9.90. The molecular formula is C28H21N3. The maximum absolute atomic E-state index is 4.68. The number of benzene rings is 2. The first-order valence-corrected chi connectivity index (χ1v) is 10.6. The molecule has 3 heterocycles. The normalized spacial score (nSPS) is 15.7. The number of hydrogen-bond acceptors (Lipinski definition) is 2. The predicted molar refractivity (Wildman–Crippen MR) is 127 cm³/mol. The van der Waals surface area contributed by atoms with Crippen LogP contribution in [0.4, 0.5) is 0 Å². The van der Waals surface area contributed by atoms with Crippen molar-refractivity contribution in [3.05, 3.63) is 115 Å². The minimum atomic E-state index is 0.448. The molecule has 3 aromatic heterocycles. The molecule has 0 bridgehead atoms. The van der Waals surface area contributed by atoms with Gasteiger partial charge in [-0.25, -0.2) is 9.97 Å². The van der Waals surface area contributed by atoms with Gasteiger partial charge in [-0.05, 0) is 59.5 Å². The van der Waals surface area contributed by atoms with Crippen molar-refractivity contribution >= 4 is 21.9 Å². The maximum atomic E-state index is 4.68. The summed E-state index contributed by atoms with van der Waals surface area (Å²) in [6, 6.07) is 25.7. The Balaban J connectivity index is 1.52. The summed E-state index contributed by atoms with van der Waals surface area (Å²) in [5.41, 5.74) is 5.86. The Morgan fingerprint density at radius 3 is 2.55 bits per heavy atom. The van der Waals surface area contributed by atoms with Crippen LogP contribution in [0.25, 0.3) is 38.9 Å². The fourth-order valence-electron chi connectivity index (χ4n) is 4.52. The Morgan fingerprint density at radius 1 is 0.742 bits per heavy atom. The van der Waals surface area contributed by atoms with Gasteiger partial charge in [-0.1, -0.05) is 60.7 Å². The fourth-order valence-corrected chi connectivity index (χ4v) is 4.52. The van der Waals surface area contributed by atoms with Crippen molar-refractivity contribution in [2.24, 2.45) is 0 Å². The molecule has 0 saturated heterocycles. The molecule has 31 heavy (non-hydrogen) atoms. The fraction of sp³-hybridized carbons (Fsp3) is 0.0714. The summed E-state index contributed by atoms with van der Waals surface area (Å²) in [5, 5.41) is 2.33. The number of pyridine rings is 2. The highest BCUT2D eigenvalue weighted by atomic mass is 15.1. The molecule has 0 fully saturated rings. The second-order valence-electron chi connectivity index (χ2n) is 7.91. The highest BCUT2D eigenvalue weighted by Gasteiger charge is 2.15. The van der Waals surface area contributed by atoms with Gasteiger partial charge in [0, 0.05) is 29.1 Å². The first-order valence-electron chi connectivity index (χ1n) is 10.6. The van der Waals surface area contributed by atoms with E-state index in [-0.39, 0.29) is 0 Å². The zero-order valence-electron chi connectivity index (χ0n) is 17.0. The van der Waals surface area contributed by atoms with E-state index in [1.165, 1.54) is 22.1 Å². The van der Waals surface area contributed by atoms with Crippen LogP contribution in [0.15, 0.2) is 109 Å². The maximum Gasteiger partial charge on any atom is 0.146 e. The summed E-state index contributed by atoms with van der Waals surface area (Å²) < 4.78 is 2.14. The van der Waals surface area contributed by atoms with Crippen molar-refractivity contribution in [3.8, 4) is 16.9 Å². The predicted octanol–water partition coefficient (Wildman–Crippen LogP) is 6.84. The number of aromatic nitrogens is 3. The highest BCUT2D eigenvalue weighted by Crippen LogP contribution is 2.34. The zero-order chi connectivity index (χ0) is 20.6. The van der Waals surface area contributed by atoms with E-state index in [1.807, 2.05) is 36.7 Å². The Bertz CT molecular complexity index is 1460. The first-order chi connectivity index (χ1) is 15.4. The standard InChI is InChI=1S/C28H21N3/c1-2-8-20(9-3-1)21-10-6-11-22(18-21)23-14-15-26-25(19-23)24-12-7-17-30-28(24)31(26)27-13-4-5-16-29-27/h1-8,10-20H,9H2. The molecular weight excluding hydrogens is 378 g/mol. The van der Waals surface area contributed by atoms with Gasteiger partial charge in [-0.3, -0.25) is 4.57 Å². The minimum absolute atomic E-state index is 0.448. The highest BCUT2D eigenvalue weighted by molar-refractivity contribution is 6.09. The average Bonchev–Trinajstić information content (AvgIpc) is 3.19. The van der Waals surface area contributed by atoms with E-state index in [2.05, 4.69) is 87.4 Å². The van der Waals surface area contributed by atoms with Gasteiger partial charge in [0.05, 0.1) is 5.52 Å². The summed E-state index contributed by atoms with van der Waals surface area (Å²) in [5.74, 6) is 1.33. The molecule has 1 unspecified atom stereocenters. The van der Waals surface area contributed by atoms with Crippen LogP contribution in [0.5, 0.6) is 0 Å². The quantitative estimate of drug-likeness (QED) is 0.332. The molecule has 5 aromatic rings. The van der Waals surface area contributed by atoms with Crippen LogP contribution in [0, 0.1) is 0 Å². The Kier molecular flexibility index (Phi) is 4.24.